The second-order valence-corrected chi connectivity index (χ2v) is 5.43. The fraction of sp³-hybridized carbons (Fsp3) is 0.286. The highest BCUT2D eigenvalue weighted by Gasteiger charge is 2.25. The van der Waals surface area contributed by atoms with Gasteiger partial charge in [0.15, 0.2) is 0 Å². The van der Waals surface area contributed by atoms with Crippen molar-refractivity contribution in [2.45, 2.75) is 26.8 Å². The van der Waals surface area contributed by atoms with E-state index in [1.807, 2.05) is 37.5 Å². The number of aromatic carboxylic acids is 1. The molecule has 0 aliphatic carbocycles. The quantitative estimate of drug-likeness (QED) is 0.932. The van der Waals surface area contributed by atoms with Gasteiger partial charge in [0.2, 0.25) is 0 Å². The molecule has 1 N–H and O–H groups in total. The van der Waals surface area contributed by atoms with E-state index in [4.69, 9.17) is 0 Å². The zero-order chi connectivity index (χ0) is 14.2. The summed E-state index contributed by atoms with van der Waals surface area (Å²) in [6, 6.07) is 3.94. The van der Waals surface area contributed by atoms with Crippen molar-refractivity contribution in [1.82, 2.24) is 9.55 Å². The second-order valence-electron chi connectivity index (χ2n) is 4.63. The van der Waals surface area contributed by atoms with Gasteiger partial charge in [-0.1, -0.05) is 0 Å². The van der Waals surface area contributed by atoms with Crippen LogP contribution in [0.5, 0.6) is 0 Å². The van der Waals surface area contributed by atoms with E-state index < -0.39 is 5.97 Å². The topological polar surface area (TPSA) is 55.1 Å². The third kappa shape index (κ3) is 2.30. The highest BCUT2D eigenvalue weighted by molar-refractivity contribution is 9.10. The zero-order valence-corrected chi connectivity index (χ0v) is 12.6. The van der Waals surface area contributed by atoms with Gasteiger partial charge in [0.1, 0.15) is 0 Å². The molecule has 4 nitrogen and oxygen atoms in total. The van der Waals surface area contributed by atoms with E-state index in [9.17, 15) is 9.90 Å². The molecule has 0 saturated carbocycles. The maximum absolute atomic E-state index is 11.4. The van der Waals surface area contributed by atoms with E-state index in [-0.39, 0.29) is 6.04 Å². The van der Waals surface area contributed by atoms with Crippen LogP contribution in [0.2, 0.25) is 0 Å². The molecule has 5 heteroatoms. The van der Waals surface area contributed by atoms with Crippen LogP contribution in [0, 0.1) is 6.92 Å². The van der Waals surface area contributed by atoms with E-state index in [2.05, 4.69) is 20.9 Å². The molecule has 0 aliphatic heterocycles. The molecule has 2 aromatic rings. The summed E-state index contributed by atoms with van der Waals surface area (Å²) < 4.78 is 2.63. The number of carboxylic acids is 1. The molecule has 0 radical (unpaired) electrons. The largest absolute Gasteiger partial charge is 0.478 e. The molecule has 2 heterocycles. The summed E-state index contributed by atoms with van der Waals surface area (Å²) in [7, 11) is 0. The lowest BCUT2D eigenvalue weighted by atomic mass is 10.2. The number of rotatable bonds is 3. The number of carboxylic acid groups (broad SMARTS) is 1. The van der Waals surface area contributed by atoms with E-state index in [0.717, 1.165) is 17.0 Å². The van der Waals surface area contributed by atoms with Crippen molar-refractivity contribution in [2.75, 3.05) is 0 Å². The van der Waals surface area contributed by atoms with Gasteiger partial charge in [0, 0.05) is 29.7 Å². The van der Waals surface area contributed by atoms with Crippen LogP contribution < -0.4 is 0 Å². The van der Waals surface area contributed by atoms with Crippen molar-refractivity contribution in [3.63, 3.8) is 0 Å². The summed E-state index contributed by atoms with van der Waals surface area (Å²) in [5, 5.41) is 9.35. The first-order valence-corrected chi connectivity index (χ1v) is 6.78. The molecule has 0 bridgehead atoms. The van der Waals surface area contributed by atoms with Crippen molar-refractivity contribution in [1.29, 1.82) is 0 Å². The van der Waals surface area contributed by atoms with Crippen LogP contribution in [0.4, 0.5) is 0 Å². The number of carbonyl (C=O) groups is 1. The summed E-state index contributed by atoms with van der Waals surface area (Å²) in [4.78, 5) is 15.5. The van der Waals surface area contributed by atoms with E-state index in [1.54, 1.807) is 12.4 Å². The van der Waals surface area contributed by atoms with Crippen LogP contribution in [0.15, 0.2) is 29.0 Å². The fourth-order valence-electron chi connectivity index (χ4n) is 2.33. The highest BCUT2D eigenvalue weighted by atomic mass is 79.9. The average molecular weight is 323 g/mol. The van der Waals surface area contributed by atoms with E-state index in [1.165, 1.54) is 0 Å². The molecule has 0 amide bonds. The van der Waals surface area contributed by atoms with Crippen LogP contribution in [-0.2, 0) is 0 Å². The Morgan fingerprint density at radius 3 is 2.63 bits per heavy atom. The summed E-state index contributed by atoms with van der Waals surface area (Å²) in [6.45, 7) is 5.89. The van der Waals surface area contributed by atoms with E-state index >= 15 is 0 Å². The van der Waals surface area contributed by atoms with Gasteiger partial charge in [0.25, 0.3) is 0 Å². The maximum atomic E-state index is 11.4. The maximum Gasteiger partial charge on any atom is 0.338 e. The minimum absolute atomic E-state index is 0.166. The first-order valence-electron chi connectivity index (χ1n) is 5.99. The first-order chi connectivity index (χ1) is 8.95. The Morgan fingerprint density at radius 2 is 2.16 bits per heavy atom. The van der Waals surface area contributed by atoms with Crippen molar-refractivity contribution in [2.24, 2.45) is 0 Å². The SMILES string of the molecule is Cc1c(C(=O)O)c(Br)c(-c2cccnc2)n1C(C)C. The number of hydrogen-bond donors (Lipinski definition) is 1. The van der Waals surface area contributed by atoms with Crippen molar-refractivity contribution >= 4 is 21.9 Å². The Bertz CT molecular complexity index is 618. The third-order valence-electron chi connectivity index (χ3n) is 3.06. The minimum Gasteiger partial charge on any atom is -0.478 e. The lowest BCUT2D eigenvalue weighted by molar-refractivity contribution is 0.0695. The number of nitrogens with zero attached hydrogens (tertiary/aromatic N) is 2. The number of aromatic nitrogens is 2. The molecule has 0 aromatic carbocycles. The van der Waals surface area contributed by atoms with Gasteiger partial charge in [-0.25, -0.2) is 4.79 Å². The van der Waals surface area contributed by atoms with Gasteiger partial charge >= 0.3 is 5.97 Å². The van der Waals surface area contributed by atoms with Crippen molar-refractivity contribution in [3.05, 3.63) is 40.3 Å². The third-order valence-corrected chi connectivity index (χ3v) is 3.83. The van der Waals surface area contributed by atoms with Crippen LogP contribution >= 0.6 is 15.9 Å². The standard InChI is InChI=1S/C14H15BrN2O2/c1-8(2)17-9(3)11(14(18)19)12(15)13(17)10-5-4-6-16-7-10/h4-8H,1-3H3,(H,18,19). The van der Waals surface area contributed by atoms with Crippen LogP contribution in [0.3, 0.4) is 0 Å². The Labute approximate surface area is 120 Å². The smallest absolute Gasteiger partial charge is 0.338 e. The van der Waals surface area contributed by atoms with Gasteiger partial charge in [-0.05, 0) is 48.8 Å². The van der Waals surface area contributed by atoms with Crippen LogP contribution in [0.1, 0.15) is 35.9 Å². The fourth-order valence-corrected chi connectivity index (χ4v) is 3.21. The Morgan fingerprint density at radius 1 is 1.47 bits per heavy atom. The summed E-state index contributed by atoms with van der Waals surface area (Å²) >= 11 is 3.43. The molecule has 19 heavy (non-hydrogen) atoms. The molecule has 2 aromatic heterocycles. The molecule has 2 rings (SSSR count). The monoisotopic (exact) mass is 322 g/mol. The molecule has 0 atom stereocenters. The highest BCUT2D eigenvalue weighted by Crippen LogP contribution is 2.37. The van der Waals surface area contributed by atoms with Crippen LogP contribution in [-0.4, -0.2) is 20.6 Å². The molecule has 0 fully saturated rings. The molecule has 0 saturated heterocycles. The van der Waals surface area contributed by atoms with Gasteiger partial charge in [0.05, 0.1) is 15.7 Å². The van der Waals surface area contributed by atoms with Gasteiger partial charge in [-0.3, -0.25) is 4.98 Å². The minimum atomic E-state index is -0.922. The number of hydrogen-bond acceptors (Lipinski definition) is 2. The second kappa shape index (κ2) is 5.17. The summed E-state index contributed by atoms with van der Waals surface area (Å²) in [5.41, 5.74) is 2.82. The van der Waals surface area contributed by atoms with Crippen LogP contribution in [0.25, 0.3) is 11.3 Å². The molecule has 0 unspecified atom stereocenters. The molecular formula is C14H15BrN2O2. The lowest BCUT2D eigenvalue weighted by Gasteiger charge is -2.15. The average Bonchev–Trinajstić information content (AvgIpc) is 2.61. The lowest BCUT2D eigenvalue weighted by Crippen LogP contribution is -2.06. The molecule has 0 aliphatic rings. The molecule has 100 valence electrons. The van der Waals surface area contributed by atoms with Crippen molar-refractivity contribution < 1.29 is 9.90 Å². The Kier molecular flexibility index (Phi) is 3.75. The predicted molar refractivity (Wildman–Crippen MR) is 77.4 cm³/mol. The Hall–Kier alpha value is -1.62. The summed E-state index contributed by atoms with van der Waals surface area (Å²) in [6.07, 6.45) is 3.44. The number of halogens is 1. The van der Waals surface area contributed by atoms with Gasteiger partial charge < -0.3 is 9.67 Å². The first kappa shape index (κ1) is 13.8. The van der Waals surface area contributed by atoms with Crippen molar-refractivity contribution in [3.8, 4) is 11.3 Å². The van der Waals surface area contributed by atoms with E-state index in [0.29, 0.717) is 10.0 Å². The molecule has 0 spiro atoms. The number of pyridine rings is 1. The summed E-state index contributed by atoms with van der Waals surface area (Å²) in [5.74, 6) is -0.922. The van der Waals surface area contributed by atoms with Gasteiger partial charge in [-0.15, -0.1) is 0 Å². The Balaban J connectivity index is 2.80. The zero-order valence-electron chi connectivity index (χ0n) is 11.0. The van der Waals surface area contributed by atoms with Gasteiger partial charge in [-0.2, -0.15) is 0 Å². The normalized spacial score (nSPS) is 11.0. The molecular weight excluding hydrogens is 308 g/mol. The predicted octanol–water partition coefficient (Wildman–Crippen LogP) is 3.90.